The Kier molecular flexibility index (Phi) is 3.91. The van der Waals surface area contributed by atoms with E-state index in [0.29, 0.717) is 5.56 Å². The average molecular weight is 296 g/mol. The molecule has 19 heavy (non-hydrogen) atoms. The summed E-state index contributed by atoms with van der Waals surface area (Å²) < 4.78 is 25.8. The smallest absolute Gasteiger partial charge is 0.180 e. The van der Waals surface area contributed by atoms with Crippen LogP contribution < -0.4 is 5.73 Å². The Hall–Kier alpha value is -1.80. The van der Waals surface area contributed by atoms with E-state index in [2.05, 4.69) is 10.1 Å². The Morgan fingerprint density at radius 3 is 2.84 bits per heavy atom. The minimum Gasteiger partial charge on any atom is -0.389 e. The monoisotopic (exact) mass is 296 g/mol. The minimum atomic E-state index is -3.40. The van der Waals surface area contributed by atoms with Crippen molar-refractivity contribution in [1.82, 2.24) is 14.8 Å². The summed E-state index contributed by atoms with van der Waals surface area (Å²) in [4.78, 5) is 4.14. The zero-order valence-electron chi connectivity index (χ0n) is 9.93. The first-order chi connectivity index (χ1) is 8.99. The van der Waals surface area contributed by atoms with Crippen molar-refractivity contribution in [1.29, 1.82) is 0 Å². The Balaban J connectivity index is 2.19. The van der Waals surface area contributed by atoms with Gasteiger partial charge in [0.25, 0.3) is 0 Å². The fourth-order valence-corrected chi connectivity index (χ4v) is 2.91. The second-order valence-electron chi connectivity index (χ2n) is 3.87. The van der Waals surface area contributed by atoms with E-state index < -0.39 is 9.84 Å². The summed E-state index contributed by atoms with van der Waals surface area (Å²) in [6.07, 6.45) is 2.83. The minimum absolute atomic E-state index is 0.0584. The van der Waals surface area contributed by atoms with Crippen molar-refractivity contribution in [3.8, 4) is 0 Å². The van der Waals surface area contributed by atoms with Crippen molar-refractivity contribution < 1.29 is 8.42 Å². The van der Waals surface area contributed by atoms with E-state index in [1.165, 1.54) is 29.5 Å². The predicted octanol–water partition coefficient (Wildman–Crippen LogP) is 0.386. The number of thiocarbonyl (C=S) groups is 1. The maximum Gasteiger partial charge on any atom is 0.180 e. The zero-order chi connectivity index (χ0) is 13.9. The first kappa shape index (κ1) is 13.6. The molecular formula is C11H12N4O2S2. The van der Waals surface area contributed by atoms with E-state index >= 15 is 0 Å². The van der Waals surface area contributed by atoms with Crippen LogP contribution in [-0.4, -0.2) is 33.9 Å². The van der Waals surface area contributed by atoms with Gasteiger partial charge in [-0.1, -0.05) is 24.4 Å². The van der Waals surface area contributed by atoms with E-state index in [-0.39, 0.29) is 22.2 Å². The van der Waals surface area contributed by atoms with Gasteiger partial charge in [-0.2, -0.15) is 5.10 Å². The number of aryl methyl sites for hydroxylation is 1. The molecule has 6 nitrogen and oxygen atoms in total. The molecule has 1 heterocycles. The molecule has 0 fully saturated rings. The Morgan fingerprint density at radius 1 is 1.42 bits per heavy atom. The topological polar surface area (TPSA) is 90.9 Å². The molecule has 1 aromatic carbocycles. The first-order valence-corrected chi connectivity index (χ1v) is 7.50. The molecule has 0 unspecified atom stereocenters. The van der Waals surface area contributed by atoms with E-state index in [4.69, 9.17) is 18.0 Å². The Morgan fingerprint density at radius 2 is 2.21 bits per heavy atom. The molecule has 0 spiro atoms. The van der Waals surface area contributed by atoms with Gasteiger partial charge in [0.15, 0.2) is 9.84 Å². The molecule has 0 aliphatic heterocycles. The third-order valence-electron chi connectivity index (χ3n) is 2.53. The normalized spacial score (nSPS) is 11.4. The maximum atomic E-state index is 12.2. The van der Waals surface area contributed by atoms with Crippen LogP contribution in [0.25, 0.3) is 0 Å². The summed E-state index contributed by atoms with van der Waals surface area (Å²) in [5.41, 5.74) is 6.03. The number of benzene rings is 1. The van der Waals surface area contributed by atoms with Gasteiger partial charge in [-0.3, -0.25) is 4.68 Å². The van der Waals surface area contributed by atoms with Crippen LogP contribution >= 0.6 is 12.2 Å². The zero-order valence-corrected chi connectivity index (χ0v) is 11.6. The maximum absolute atomic E-state index is 12.2. The van der Waals surface area contributed by atoms with Gasteiger partial charge in [-0.25, -0.2) is 13.4 Å². The third kappa shape index (κ3) is 3.36. The van der Waals surface area contributed by atoms with Crippen molar-refractivity contribution in [2.45, 2.75) is 11.4 Å². The largest absolute Gasteiger partial charge is 0.389 e. The molecule has 8 heteroatoms. The highest BCUT2D eigenvalue weighted by atomic mass is 32.2. The molecule has 0 saturated heterocycles. The second-order valence-corrected chi connectivity index (χ2v) is 6.42. The molecule has 0 aliphatic rings. The Bertz CT molecular complexity index is 680. The van der Waals surface area contributed by atoms with Crippen LogP contribution in [0.15, 0.2) is 41.8 Å². The highest BCUT2D eigenvalue weighted by Gasteiger charge is 2.15. The van der Waals surface area contributed by atoms with Crippen LogP contribution in [-0.2, 0) is 16.4 Å². The van der Waals surface area contributed by atoms with Gasteiger partial charge in [-0.15, -0.1) is 0 Å². The van der Waals surface area contributed by atoms with E-state index in [9.17, 15) is 8.42 Å². The van der Waals surface area contributed by atoms with Gasteiger partial charge in [-0.05, 0) is 12.1 Å². The number of hydrogen-bond acceptors (Lipinski definition) is 5. The summed E-state index contributed by atoms with van der Waals surface area (Å²) in [5, 5.41) is 3.86. The molecule has 0 saturated carbocycles. The lowest BCUT2D eigenvalue weighted by Gasteiger charge is -2.06. The number of rotatable bonds is 5. The third-order valence-corrected chi connectivity index (χ3v) is 4.46. The molecule has 1 aromatic heterocycles. The molecule has 2 aromatic rings. The van der Waals surface area contributed by atoms with Gasteiger partial charge in [0.2, 0.25) is 0 Å². The molecule has 2 N–H and O–H groups in total. The van der Waals surface area contributed by atoms with Gasteiger partial charge in [0.1, 0.15) is 17.6 Å². The number of nitrogens with zero attached hydrogens (tertiary/aromatic N) is 3. The molecule has 2 rings (SSSR count). The van der Waals surface area contributed by atoms with Crippen LogP contribution in [0.2, 0.25) is 0 Å². The van der Waals surface area contributed by atoms with Crippen LogP contribution in [0.3, 0.4) is 0 Å². The van der Waals surface area contributed by atoms with Gasteiger partial charge >= 0.3 is 0 Å². The predicted molar refractivity (Wildman–Crippen MR) is 74.4 cm³/mol. The number of aromatic nitrogens is 3. The summed E-state index contributed by atoms with van der Waals surface area (Å²) >= 11 is 4.83. The highest BCUT2D eigenvalue weighted by molar-refractivity contribution is 7.91. The van der Waals surface area contributed by atoms with Crippen LogP contribution in [0, 0.1) is 0 Å². The molecule has 0 bridgehead atoms. The number of hydrogen-bond donors (Lipinski definition) is 1. The van der Waals surface area contributed by atoms with Crippen molar-refractivity contribution >= 4 is 27.0 Å². The SMILES string of the molecule is NC(=S)c1cccc(S(=O)(=O)CCn2cncn2)c1. The van der Waals surface area contributed by atoms with Crippen LogP contribution in [0.5, 0.6) is 0 Å². The van der Waals surface area contributed by atoms with Crippen LogP contribution in [0.4, 0.5) is 0 Å². The van der Waals surface area contributed by atoms with Crippen molar-refractivity contribution in [2.75, 3.05) is 5.75 Å². The quantitative estimate of drug-likeness (QED) is 0.802. The van der Waals surface area contributed by atoms with Gasteiger partial charge < -0.3 is 5.73 Å². The van der Waals surface area contributed by atoms with Gasteiger partial charge in [0.05, 0.1) is 17.2 Å². The average Bonchev–Trinajstić information content (AvgIpc) is 2.90. The van der Waals surface area contributed by atoms with Crippen LogP contribution in [0.1, 0.15) is 5.56 Å². The summed E-state index contributed by atoms with van der Waals surface area (Å²) in [5.74, 6) is -0.0584. The fraction of sp³-hybridized carbons (Fsp3) is 0.182. The summed E-state index contributed by atoms with van der Waals surface area (Å²) in [6, 6.07) is 6.31. The second kappa shape index (κ2) is 5.45. The molecule has 100 valence electrons. The highest BCUT2D eigenvalue weighted by Crippen LogP contribution is 2.13. The summed E-state index contributed by atoms with van der Waals surface area (Å²) in [7, 11) is -3.40. The summed E-state index contributed by atoms with van der Waals surface area (Å²) in [6.45, 7) is 0.250. The lowest BCUT2D eigenvalue weighted by molar-refractivity contribution is 0.580. The van der Waals surface area contributed by atoms with E-state index in [0.717, 1.165) is 0 Å². The standard InChI is InChI=1S/C11H12N4O2S2/c12-11(18)9-2-1-3-10(6-9)19(16,17)5-4-15-8-13-7-14-15/h1-3,6-8H,4-5H2,(H2,12,18). The van der Waals surface area contributed by atoms with Crippen molar-refractivity contribution in [3.63, 3.8) is 0 Å². The lowest BCUT2D eigenvalue weighted by atomic mass is 10.2. The molecule has 0 aliphatic carbocycles. The van der Waals surface area contributed by atoms with Crippen molar-refractivity contribution in [3.05, 3.63) is 42.5 Å². The number of nitrogens with two attached hydrogens (primary N) is 1. The molecular weight excluding hydrogens is 284 g/mol. The van der Waals surface area contributed by atoms with E-state index in [1.54, 1.807) is 12.1 Å². The molecule has 0 amide bonds. The van der Waals surface area contributed by atoms with Gasteiger partial charge in [0, 0.05) is 5.56 Å². The molecule has 0 atom stereocenters. The lowest BCUT2D eigenvalue weighted by Crippen LogP contribution is -2.15. The van der Waals surface area contributed by atoms with E-state index in [1.807, 2.05) is 0 Å². The fourth-order valence-electron chi connectivity index (χ4n) is 1.52. The Labute approximate surface area is 116 Å². The molecule has 0 radical (unpaired) electrons. The first-order valence-electron chi connectivity index (χ1n) is 5.44. The number of sulfone groups is 1. The van der Waals surface area contributed by atoms with Crippen molar-refractivity contribution in [2.24, 2.45) is 5.73 Å².